The van der Waals surface area contributed by atoms with Crippen LogP contribution >= 0.6 is 0 Å². The summed E-state index contributed by atoms with van der Waals surface area (Å²) in [5, 5.41) is 0.811. The Labute approximate surface area is 153 Å². The highest BCUT2D eigenvalue weighted by molar-refractivity contribution is 6.06. The second-order valence-corrected chi connectivity index (χ2v) is 6.55. The van der Waals surface area contributed by atoms with Crippen LogP contribution in [0.15, 0.2) is 23.2 Å². The molecule has 1 aromatic carbocycles. The number of rotatable bonds is 6. The van der Waals surface area contributed by atoms with Gasteiger partial charge >= 0.3 is 5.97 Å². The SMILES string of the molecule is CCOC(=O)c1c(CN=C(N)N)n(C)c2cc(OC3CCCC3)ccc12. The number of nitrogens with two attached hydrogens (primary N) is 2. The van der Waals surface area contributed by atoms with Crippen molar-refractivity contribution in [2.24, 2.45) is 23.5 Å². The molecule has 1 fully saturated rings. The summed E-state index contributed by atoms with van der Waals surface area (Å²) in [6.07, 6.45) is 4.89. The number of esters is 1. The van der Waals surface area contributed by atoms with E-state index in [9.17, 15) is 4.79 Å². The van der Waals surface area contributed by atoms with Gasteiger partial charge in [-0.1, -0.05) is 0 Å². The lowest BCUT2D eigenvalue weighted by Gasteiger charge is -2.13. The van der Waals surface area contributed by atoms with Crippen LogP contribution in [0.5, 0.6) is 5.75 Å². The Morgan fingerprint density at radius 2 is 2.04 bits per heavy atom. The number of nitrogens with zero attached hydrogens (tertiary/aromatic N) is 2. The van der Waals surface area contributed by atoms with Crippen LogP contribution in [0.1, 0.15) is 48.7 Å². The van der Waals surface area contributed by atoms with Crippen LogP contribution in [-0.2, 0) is 18.3 Å². The molecule has 0 radical (unpaired) electrons. The van der Waals surface area contributed by atoms with E-state index in [1.54, 1.807) is 6.92 Å². The molecule has 0 aliphatic heterocycles. The number of aromatic nitrogens is 1. The molecule has 0 atom stereocenters. The number of aliphatic imine (C=N–C) groups is 1. The Morgan fingerprint density at radius 3 is 2.69 bits per heavy atom. The standard InChI is InChI=1S/C19H26N4O3/c1-3-25-18(24)17-14-9-8-13(26-12-6-4-5-7-12)10-15(14)23(2)16(17)11-22-19(20)21/h8-10,12H,3-7,11H2,1-2H3,(H4,20,21,22). The van der Waals surface area contributed by atoms with E-state index >= 15 is 0 Å². The third-order valence-electron chi connectivity index (χ3n) is 4.79. The summed E-state index contributed by atoms with van der Waals surface area (Å²) in [5.41, 5.74) is 13.0. The summed E-state index contributed by atoms with van der Waals surface area (Å²) in [6.45, 7) is 2.30. The van der Waals surface area contributed by atoms with Crippen LogP contribution in [0.2, 0.25) is 0 Å². The first kappa shape index (κ1) is 18.1. The summed E-state index contributed by atoms with van der Waals surface area (Å²) >= 11 is 0. The Bertz CT molecular complexity index is 831. The number of ether oxygens (including phenoxy) is 2. The molecule has 0 unspecified atom stereocenters. The van der Waals surface area contributed by atoms with Gasteiger partial charge in [0.15, 0.2) is 5.96 Å². The van der Waals surface area contributed by atoms with Crippen molar-refractivity contribution in [3.63, 3.8) is 0 Å². The van der Waals surface area contributed by atoms with Crippen LogP contribution in [0.25, 0.3) is 10.9 Å². The number of guanidine groups is 1. The second-order valence-electron chi connectivity index (χ2n) is 6.55. The number of aryl methyl sites for hydroxylation is 1. The Morgan fingerprint density at radius 1 is 1.31 bits per heavy atom. The van der Waals surface area contributed by atoms with Crippen molar-refractivity contribution in [2.75, 3.05) is 6.61 Å². The molecule has 7 nitrogen and oxygen atoms in total. The molecule has 1 aliphatic carbocycles. The molecule has 1 heterocycles. The lowest BCUT2D eigenvalue weighted by molar-refractivity contribution is 0.0527. The zero-order valence-corrected chi connectivity index (χ0v) is 15.3. The van der Waals surface area contributed by atoms with Crippen LogP contribution in [0.4, 0.5) is 0 Å². The Hall–Kier alpha value is -2.70. The fourth-order valence-corrected chi connectivity index (χ4v) is 3.52. The molecule has 7 heteroatoms. The predicted octanol–water partition coefficient (Wildman–Crippen LogP) is 2.45. The van der Waals surface area contributed by atoms with E-state index < -0.39 is 0 Å². The topological polar surface area (TPSA) is 105 Å². The van der Waals surface area contributed by atoms with Crippen molar-refractivity contribution in [3.8, 4) is 5.75 Å². The van der Waals surface area contributed by atoms with Crippen LogP contribution in [-0.4, -0.2) is 29.2 Å². The summed E-state index contributed by atoms with van der Waals surface area (Å²) in [6, 6.07) is 5.79. The van der Waals surface area contributed by atoms with E-state index in [1.807, 2.05) is 29.8 Å². The van der Waals surface area contributed by atoms with Gasteiger partial charge in [0.25, 0.3) is 0 Å². The van der Waals surface area contributed by atoms with E-state index in [2.05, 4.69) is 4.99 Å². The fourth-order valence-electron chi connectivity index (χ4n) is 3.52. The monoisotopic (exact) mass is 358 g/mol. The van der Waals surface area contributed by atoms with E-state index in [1.165, 1.54) is 12.8 Å². The van der Waals surface area contributed by atoms with Gasteiger partial charge in [0.05, 0.1) is 36.0 Å². The Kier molecular flexibility index (Phi) is 5.35. The van der Waals surface area contributed by atoms with Gasteiger partial charge in [-0.3, -0.25) is 0 Å². The number of fused-ring (bicyclic) bond motifs is 1. The van der Waals surface area contributed by atoms with Crippen molar-refractivity contribution in [1.29, 1.82) is 0 Å². The van der Waals surface area contributed by atoms with E-state index in [0.29, 0.717) is 17.9 Å². The van der Waals surface area contributed by atoms with Crippen LogP contribution < -0.4 is 16.2 Å². The molecule has 3 rings (SSSR count). The van der Waals surface area contributed by atoms with Crippen molar-refractivity contribution in [3.05, 3.63) is 29.5 Å². The minimum Gasteiger partial charge on any atom is -0.490 e. The van der Waals surface area contributed by atoms with Crippen molar-refractivity contribution in [2.45, 2.75) is 45.3 Å². The molecule has 1 saturated carbocycles. The molecular formula is C19H26N4O3. The van der Waals surface area contributed by atoms with Crippen LogP contribution in [0, 0.1) is 0 Å². The third-order valence-corrected chi connectivity index (χ3v) is 4.79. The molecule has 0 amide bonds. The molecule has 0 saturated heterocycles. The lowest BCUT2D eigenvalue weighted by Crippen LogP contribution is -2.23. The molecule has 4 N–H and O–H groups in total. The van der Waals surface area contributed by atoms with Gasteiger partial charge in [-0.2, -0.15) is 0 Å². The average molecular weight is 358 g/mol. The minimum absolute atomic E-state index is 0.0182. The molecule has 1 aromatic heterocycles. The van der Waals surface area contributed by atoms with Gasteiger partial charge in [0.1, 0.15) is 5.75 Å². The van der Waals surface area contributed by atoms with Gasteiger partial charge in [-0.25, -0.2) is 9.79 Å². The highest BCUT2D eigenvalue weighted by atomic mass is 16.5. The van der Waals surface area contributed by atoms with Gasteiger partial charge in [0.2, 0.25) is 0 Å². The highest BCUT2D eigenvalue weighted by Crippen LogP contribution is 2.32. The third kappa shape index (κ3) is 3.61. The van der Waals surface area contributed by atoms with Crippen molar-refractivity contribution >= 4 is 22.8 Å². The van der Waals surface area contributed by atoms with Crippen LogP contribution in [0.3, 0.4) is 0 Å². The first-order valence-electron chi connectivity index (χ1n) is 9.01. The molecule has 140 valence electrons. The van der Waals surface area contributed by atoms with Gasteiger partial charge in [-0.15, -0.1) is 0 Å². The zero-order chi connectivity index (χ0) is 18.7. The predicted molar refractivity (Wildman–Crippen MR) is 101 cm³/mol. The quantitative estimate of drug-likeness (QED) is 0.469. The molecule has 0 spiro atoms. The highest BCUT2D eigenvalue weighted by Gasteiger charge is 2.23. The maximum Gasteiger partial charge on any atom is 0.340 e. The van der Waals surface area contributed by atoms with E-state index in [-0.39, 0.29) is 24.6 Å². The number of carbonyl (C=O) groups excluding carboxylic acids is 1. The average Bonchev–Trinajstić information content (AvgIpc) is 3.20. The fraction of sp³-hybridized carbons (Fsp3) is 0.474. The van der Waals surface area contributed by atoms with Gasteiger partial charge < -0.3 is 25.5 Å². The smallest absolute Gasteiger partial charge is 0.340 e. The molecule has 0 bridgehead atoms. The lowest BCUT2D eigenvalue weighted by atomic mass is 10.1. The van der Waals surface area contributed by atoms with E-state index in [0.717, 1.165) is 29.5 Å². The molecule has 2 aromatic rings. The summed E-state index contributed by atoms with van der Waals surface area (Å²) in [4.78, 5) is 16.6. The normalized spacial score (nSPS) is 14.5. The largest absolute Gasteiger partial charge is 0.490 e. The zero-order valence-electron chi connectivity index (χ0n) is 15.3. The number of carbonyl (C=O) groups is 1. The second kappa shape index (κ2) is 7.68. The van der Waals surface area contributed by atoms with Crippen molar-refractivity contribution in [1.82, 2.24) is 4.57 Å². The number of benzene rings is 1. The minimum atomic E-state index is -0.372. The molecular weight excluding hydrogens is 332 g/mol. The number of hydrogen-bond donors (Lipinski definition) is 2. The maximum absolute atomic E-state index is 12.5. The van der Waals surface area contributed by atoms with E-state index in [4.69, 9.17) is 20.9 Å². The first-order valence-corrected chi connectivity index (χ1v) is 9.01. The molecule has 1 aliphatic rings. The van der Waals surface area contributed by atoms with Gasteiger partial charge in [0, 0.05) is 18.5 Å². The Balaban J connectivity index is 2.04. The first-order chi connectivity index (χ1) is 12.5. The maximum atomic E-state index is 12.5. The summed E-state index contributed by atoms with van der Waals surface area (Å²) < 4.78 is 13.3. The molecule has 26 heavy (non-hydrogen) atoms. The van der Waals surface area contributed by atoms with Gasteiger partial charge in [-0.05, 0) is 44.7 Å². The summed E-state index contributed by atoms with van der Waals surface area (Å²) in [7, 11) is 1.89. The number of hydrogen-bond acceptors (Lipinski definition) is 4. The summed E-state index contributed by atoms with van der Waals surface area (Å²) in [5.74, 6) is 0.424. The van der Waals surface area contributed by atoms with Crippen molar-refractivity contribution < 1.29 is 14.3 Å².